The highest BCUT2D eigenvalue weighted by molar-refractivity contribution is 6.30. The minimum Gasteiger partial charge on any atom is -0.496 e. The molecule has 1 aromatic carbocycles. The van der Waals surface area contributed by atoms with Gasteiger partial charge in [0, 0.05) is 11.1 Å². The molecular weight excluding hydrogens is 236 g/mol. The van der Waals surface area contributed by atoms with Crippen molar-refractivity contribution in [1.29, 1.82) is 0 Å². The summed E-state index contributed by atoms with van der Waals surface area (Å²) in [5, 5.41) is 0.485. The second-order valence-corrected chi connectivity index (χ2v) is 4.09. The molecule has 3 nitrogen and oxygen atoms in total. The number of hydrogen-bond acceptors (Lipinski definition) is 3. The van der Waals surface area contributed by atoms with Gasteiger partial charge in [-0.3, -0.25) is 0 Å². The molecule has 0 aliphatic heterocycles. The molecule has 0 atom stereocenters. The van der Waals surface area contributed by atoms with Crippen molar-refractivity contribution in [1.82, 2.24) is 9.97 Å². The smallest absolute Gasteiger partial charge is 0.136 e. The summed E-state index contributed by atoms with van der Waals surface area (Å²) in [6.07, 6.45) is 0. The van der Waals surface area contributed by atoms with Gasteiger partial charge in [-0.2, -0.15) is 0 Å². The van der Waals surface area contributed by atoms with E-state index in [0.717, 1.165) is 22.6 Å². The molecule has 1 aromatic heterocycles. The topological polar surface area (TPSA) is 35.0 Å². The Labute approximate surface area is 105 Å². The Balaban J connectivity index is 2.68. The maximum atomic E-state index is 6.07. The molecule has 0 aliphatic carbocycles. The molecule has 4 heteroatoms. The van der Waals surface area contributed by atoms with Crippen molar-refractivity contribution in [2.45, 2.75) is 13.8 Å². The second kappa shape index (κ2) is 4.72. The average Bonchev–Trinajstić information content (AvgIpc) is 2.33. The van der Waals surface area contributed by atoms with Crippen LogP contribution in [0.4, 0.5) is 0 Å². The summed E-state index contributed by atoms with van der Waals surface area (Å²) in [5.74, 6) is 1.44. The molecule has 0 unspecified atom stereocenters. The molecular formula is C13H13ClN2O. The third-order valence-corrected chi connectivity index (χ3v) is 2.93. The number of para-hydroxylation sites is 1. The Morgan fingerprint density at radius 2 is 1.82 bits per heavy atom. The fourth-order valence-electron chi connectivity index (χ4n) is 1.70. The summed E-state index contributed by atoms with van der Waals surface area (Å²) >= 11 is 6.07. The normalized spacial score (nSPS) is 10.4. The molecule has 0 spiro atoms. The van der Waals surface area contributed by atoms with Crippen LogP contribution in [-0.2, 0) is 0 Å². The number of rotatable bonds is 2. The first-order chi connectivity index (χ1) is 8.13. The fraction of sp³-hybridized carbons (Fsp3) is 0.231. The Bertz CT molecular complexity index is 555. The van der Waals surface area contributed by atoms with E-state index in [9.17, 15) is 0 Å². The average molecular weight is 249 g/mol. The van der Waals surface area contributed by atoms with Crippen molar-refractivity contribution in [2.75, 3.05) is 7.11 Å². The van der Waals surface area contributed by atoms with Crippen LogP contribution in [0.5, 0.6) is 5.75 Å². The number of methoxy groups -OCH3 is 1. The monoisotopic (exact) mass is 248 g/mol. The van der Waals surface area contributed by atoms with Crippen molar-refractivity contribution in [3.8, 4) is 17.0 Å². The molecule has 0 radical (unpaired) electrons. The van der Waals surface area contributed by atoms with Crippen LogP contribution in [0.25, 0.3) is 11.3 Å². The molecule has 0 saturated carbocycles. The first kappa shape index (κ1) is 11.9. The van der Waals surface area contributed by atoms with Crippen molar-refractivity contribution in [3.63, 3.8) is 0 Å². The lowest BCUT2D eigenvalue weighted by Gasteiger charge is -2.11. The van der Waals surface area contributed by atoms with Crippen LogP contribution in [0.15, 0.2) is 24.3 Å². The SMILES string of the molecule is COc1ccccc1-c1nc(C)nc(Cl)c1C. The number of aromatic nitrogens is 2. The standard InChI is InChI=1S/C13H13ClN2O/c1-8-12(15-9(2)16-13(8)14)10-6-4-5-7-11(10)17-3/h4-7H,1-3H3. The van der Waals surface area contributed by atoms with Crippen LogP contribution >= 0.6 is 11.6 Å². The first-order valence-corrected chi connectivity index (χ1v) is 5.65. The number of aryl methyl sites for hydroxylation is 1. The molecule has 88 valence electrons. The van der Waals surface area contributed by atoms with Crippen molar-refractivity contribution in [2.24, 2.45) is 0 Å². The van der Waals surface area contributed by atoms with E-state index in [1.165, 1.54) is 0 Å². The second-order valence-electron chi connectivity index (χ2n) is 3.74. The lowest BCUT2D eigenvalue weighted by Crippen LogP contribution is -1.98. The summed E-state index contributed by atoms with van der Waals surface area (Å²) in [5.41, 5.74) is 2.61. The molecule has 2 aromatic rings. The summed E-state index contributed by atoms with van der Waals surface area (Å²) < 4.78 is 5.33. The van der Waals surface area contributed by atoms with E-state index in [4.69, 9.17) is 16.3 Å². The zero-order chi connectivity index (χ0) is 12.4. The van der Waals surface area contributed by atoms with Gasteiger partial charge in [0.2, 0.25) is 0 Å². The highest BCUT2D eigenvalue weighted by atomic mass is 35.5. The predicted octanol–water partition coefficient (Wildman–Crippen LogP) is 3.42. The summed E-state index contributed by atoms with van der Waals surface area (Å²) in [6, 6.07) is 7.74. The largest absolute Gasteiger partial charge is 0.496 e. The number of nitrogens with zero attached hydrogens (tertiary/aromatic N) is 2. The van der Waals surface area contributed by atoms with Gasteiger partial charge in [-0.1, -0.05) is 23.7 Å². The van der Waals surface area contributed by atoms with E-state index < -0.39 is 0 Å². The molecule has 1 heterocycles. The van der Waals surface area contributed by atoms with Gasteiger partial charge in [-0.15, -0.1) is 0 Å². The lowest BCUT2D eigenvalue weighted by atomic mass is 10.1. The van der Waals surface area contributed by atoms with Crippen molar-refractivity contribution < 1.29 is 4.74 Å². The van der Waals surface area contributed by atoms with E-state index in [1.54, 1.807) is 7.11 Å². The van der Waals surface area contributed by atoms with Gasteiger partial charge >= 0.3 is 0 Å². The zero-order valence-electron chi connectivity index (χ0n) is 9.99. The quantitative estimate of drug-likeness (QED) is 0.764. The summed E-state index contributed by atoms with van der Waals surface area (Å²) in [4.78, 5) is 8.57. The van der Waals surface area contributed by atoms with Gasteiger partial charge in [0.1, 0.15) is 16.7 Å². The van der Waals surface area contributed by atoms with E-state index in [-0.39, 0.29) is 0 Å². The Kier molecular flexibility index (Phi) is 3.29. The molecule has 2 rings (SSSR count). The molecule has 0 amide bonds. The van der Waals surface area contributed by atoms with E-state index in [2.05, 4.69) is 9.97 Å². The molecule has 0 aliphatic rings. The minimum absolute atomic E-state index is 0.485. The van der Waals surface area contributed by atoms with Crippen LogP contribution in [-0.4, -0.2) is 17.1 Å². The first-order valence-electron chi connectivity index (χ1n) is 5.27. The molecule has 0 saturated heterocycles. The highest BCUT2D eigenvalue weighted by Gasteiger charge is 2.13. The fourth-order valence-corrected chi connectivity index (χ4v) is 1.91. The third kappa shape index (κ3) is 2.24. The summed E-state index contributed by atoms with van der Waals surface area (Å²) in [7, 11) is 1.64. The van der Waals surface area contributed by atoms with Crippen LogP contribution < -0.4 is 4.74 Å². The lowest BCUT2D eigenvalue weighted by molar-refractivity contribution is 0.416. The number of hydrogen-bond donors (Lipinski definition) is 0. The van der Waals surface area contributed by atoms with Gasteiger partial charge in [-0.25, -0.2) is 9.97 Å². The van der Waals surface area contributed by atoms with Crippen LogP contribution in [0.3, 0.4) is 0 Å². The third-order valence-electron chi connectivity index (χ3n) is 2.56. The van der Waals surface area contributed by atoms with Crippen molar-refractivity contribution in [3.05, 3.63) is 40.8 Å². The minimum atomic E-state index is 0.485. The van der Waals surface area contributed by atoms with Crippen LogP contribution in [0, 0.1) is 13.8 Å². The van der Waals surface area contributed by atoms with Gasteiger partial charge in [-0.05, 0) is 26.0 Å². The predicted molar refractivity (Wildman–Crippen MR) is 68.5 cm³/mol. The molecule has 17 heavy (non-hydrogen) atoms. The Hall–Kier alpha value is -1.61. The van der Waals surface area contributed by atoms with Crippen molar-refractivity contribution >= 4 is 11.6 Å². The van der Waals surface area contributed by atoms with Crippen LogP contribution in [0.2, 0.25) is 5.15 Å². The number of halogens is 1. The van der Waals surface area contributed by atoms with Gasteiger partial charge < -0.3 is 4.74 Å². The van der Waals surface area contributed by atoms with E-state index >= 15 is 0 Å². The van der Waals surface area contributed by atoms with Gasteiger partial charge in [0.25, 0.3) is 0 Å². The van der Waals surface area contributed by atoms with Gasteiger partial charge in [0.05, 0.1) is 12.8 Å². The van der Waals surface area contributed by atoms with E-state index in [0.29, 0.717) is 11.0 Å². The zero-order valence-corrected chi connectivity index (χ0v) is 10.7. The Morgan fingerprint density at radius 1 is 1.12 bits per heavy atom. The van der Waals surface area contributed by atoms with Crippen LogP contribution in [0.1, 0.15) is 11.4 Å². The Morgan fingerprint density at radius 3 is 2.53 bits per heavy atom. The number of ether oxygens (including phenoxy) is 1. The maximum absolute atomic E-state index is 6.07. The molecule has 0 N–H and O–H groups in total. The maximum Gasteiger partial charge on any atom is 0.136 e. The van der Waals surface area contributed by atoms with Gasteiger partial charge in [0.15, 0.2) is 0 Å². The molecule has 0 fully saturated rings. The number of benzene rings is 1. The summed E-state index contributed by atoms with van der Waals surface area (Å²) in [6.45, 7) is 3.73. The van der Waals surface area contributed by atoms with E-state index in [1.807, 2.05) is 38.1 Å². The molecule has 0 bridgehead atoms. The highest BCUT2D eigenvalue weighted by Crippen LogP contribution is 2.32.